The topological polar surface area (TPSA) is 0 Å². The fraction of sp³-hybridized carbons (Fsp3) is 1.00. The molecule has 0 heterocycles. The van der Waals surface area contributed by atoms with Crippen LogP contribution in [0.5, 0.6) is 0 Å². The highest BCUT2D eigenvalue weighted by atomic mass is 31.1. The maximum atomic E-state index is 2.32. The summed E-state index contributed by atoms with van der Waals surface area (Å²) >= 11 is 0. The molecule has 0 bridgehead atoms. The highest BCUT2D eigenvalue weighted by Crippen LogP contribution is 2.40. The summed E-state index contributed by atoms with van der Waals surface area (Å²) in [6, 6.07) is 0. The number of hydrogen-bond acceptors (Lipinski definition) is 0. The van der Waals surface area contributed by atoms with E-state index < -0.39 is 0 Å². The van der Waals surface area contributed by atoms with Gasteiger partial charge in [0.2, 0.25) is 0 Å². The Hall–Kier alpha value is 0.860. The van der Waals surface area contributed by atoms with Gasteiger partial charge in [0.05, 0.1) is 0 Å². The summed E-state index contributed by atoms with van der Waals surface area (Å²) < 4.78 is 0. The average Bonchev–Trinajstić information content (AvgIpc) is 3.04. The molecule has 0 rings (SSSR count). The zero-order valence-corrected chi connectivity index (χ0v) is 34.1. The normalized spacial score (nSPS) is 11.5. The predicted octanol–water partition coefficient (Wildman–Crippen LogP) is 16.8. The molecule has 0 radical (unpaired) electrons. The molecule has 0 aromatic rings. The molecule has 0 aromatic heterocycles. The first-order valence-corrected chi connectivity index (χ1v) is 24.9. The molecule has 0 aliphatic carbocycles. The molecule has 0 saturated heterocycles. The molecule has 0 unspecified atom stereocenters. The van der Waals surface area contributed by atoms with Crippen molar-refractivity contribution in [1.29, 1.82) is 0 Å². The van der Waals surface area contributed by atoms with Gasteiger partial charge < -0.3 is 0 Å². The van der Waals surface area contributed by atoms with Gasteiger partial charge >= 0.3 is 0 Å². The van der Waals surface area contributed by atoms with E-state index in [1.54, 1.807) is 37.0 Å². The third-order valence-electron chi connectivity index (χ3n) is 9.47. The van der Waals surface area contributed by atoms with Gasteiger partial charge in [0.1, 0.15) is 0 Å². The van der Waals surface area contributed by atoms with E-state index in [0.717, 1.165) is 0 Å². The lowest BCUT2D eigenvalue weighted by atomic mass is 10.1. The van der Waals surface area contributed by atoms with E-state index in [1.807, 2.05) is 0 Å². The first-order chi connectivity index (χ1) is 21.7. The van der Waals surface area contributed by atoms with Gasteiger partial charge in [-0.15, -0.1) is 15.8 Å². The van der Waals surface area contributed by atoms with Gasteiger partial charge in [-0.25, -0.2) is 0 Å². The van der Waals surface area contributed by atoms with Crippen LogP contribution in [-0.2, 0) is 0 Å². The van der Waals surface area contributed by atoms with E-state index >= 15 is 0 Å². The third-order valence-corrected chi connectivity index (χ3v) is 15.2. The van der Waals surface area contributed by atoms with Gasteiger partial charge in [-0.1, -0.05) is 196 Å². The third kappa shape index (κ3) is 40.9. The molecule has 0 saturated carbocycles. The Morgan fingerprint density at radius 2 is 0.318 bits per heavy atom. The smallest absolute Gasteiger partial charge is 0.0326 e. The molecule has 0 fully saturated rings. The van der Waals surface area contributed by atoms with E-state index in [4.69, 9.17) is 0 Å². The zero-order valence-electron chi connectivity index (χ0n) is 32.4. The second-order valence-electron chi connectivity index (χ2n) is 14.2. The molecule has 268 valence electrons. The molecule has 0 aliphatic rings. The Morgan fingerprint density at radius 3 is 0.500 bits per heavy atom. The molecule has 0 amide bonds. The van der Waals surface area contributed by atoms with Crippen molar-refractivity contribution in [3.63, 3.8) is 0 Å². The lowest BCUT2D eigenvalue weighted by Crippen LogP contribution is -1.97. The maximum Gasteiger partial charge on any atom is -0.0326 e. The van der Waals surface area contributed by atoms with Crippen LogP contribution in [0.25, 0.3) is 0 Å². The molecule has 0 spiro atoms. The van der Waals surface area contributed by atoms with Crippen molar-refractivity contribution in [2.24, 2.45) is 0 Å². The molecule has 0 atom stereocenters. The minimum Gasteiger partial charge on any atom is -0.107 e. The van der Waals surface area contributed by atoms with Gasteiger partial charge in [-0.3, -0.25) is 0 Å². The summed E-state index contributed by atoms with van der Waals surface area (Å²) in [6.45, 7) is 13.9. The Bertz CT molecular complexity index is 398. The van der Waals surface area contributed by atoms with Crippen LogP contribution < -0.4 is 0 Å². The van der Waals surface area contributed by atoms with Crippen LogP contribution in [0.3, 0.4) is 0 Å². The van der Waals surface area contributed by atoms with Crippen LogP contribution in [-0.4, -0.2) is 37.0 Å². The van der Waals surface area contributed by atoms with Crippen molar-refractivity contribution >= 4 is 15.8 Å². The van der Waals surface area contributed by atoms with Gasteiger partial charge in [0, 0.05) is 0 Å². The van der Waals surface area contributed by atoms with Crippen LogP contribution in [0.15, 0.2) is 0 Å². The highest BCUT2D eigenvalue weighted by molar-refractivity contribution is 7.57. The Morgan fingerprint density at radius 1 is 0.182 bits per heavy atom. The minimum absolute atomic E-state index is 0.366. The van der Waals surface area contributed by atoms with Crippen molar-refractivity contribution < 1.29 is 0 Å². The maximum absolute atomic E-state index is 2.32. The van der Waals surface area contributed by atoms with Crippen LogP contribution in [0.4, 0.5) is 0 Å². The first kappa shape index (κ1) is 47.0. The Labute approximate surface area is 286 Å². The van der Waals surface area contributed by atoms with Crippen molar-refractivity contribution in [2.75, 3.05) is 37.0 Å². The summed E-state index contributed by atoms with van der Waals surface area (Å²) in [5.74, 6) is 0. The van der Waals surface area contributed by atoms with Gasteiger partial charge in [-0.2, -0.15) is 0 Å². The van der Waals surface area contributed by atoms with Crippen molar-refractivity contribution in [3.05, 3.63) is 0 Å². The van der Waals surface area contributed by atoms with Crippen molar-refractivity contribution in [1.82, 2.24) is 0 Å². The molecule has 44 heavy (non-hydrogen) atoms. The van der Waals surface area contributed by atoms with Crippen molar-refractivity contribution in [2.45, 2.75) is 234 Å². The molecule has 0 aliphatic heterocycles. The molecule has 2 heteroatoms. The van der Waals surface area contributed by atoms with Gasteiger partial charge in [-0.05, 0) is 75.5 Å². The molecular formula is C42H90P2. The fourth-order valence-corrected chi connectivity index (χ4v) is 11.7. The summed E-state index contributed by atoms with van der Waals surface area (Å²) in [5, 5.41) is 0. The molecule has 0 aromatic carbocycles. The largest absolute Gasteiger partial charge is 0.107 e. The quantitative estimate of drug-likeness (QED) is 0.0465. The van der Waals surface area contributed by atoms with Gasteiger partial charge in [0.25, 0.3) is 0 Å². The molecule has 0 N–H and O–H groups in total. The summed E-state index contributed by atoms with van der Waals surface area (Å²) in [4.78, 5) is 0. The van der Waals surface area contributed by atoms with E-state index in [9.17, 15) is 0 Å². The second-order valence-corrected chi connectivity index (χ2v) is 19.5. The number of hydrogen-bond donors (Lipinski definition) is 0. The van der Waals surface area contributed by atoms with Crippen LogP contribution in [0, 0.1) is 0 Å². The standard InChI is InChI=1S/C24H51P.C18H39P/c1-4-7-10-13-16-19-22-25(23-20-17-14-11-8-5-2)24-21-18-15-12-9-6-3;1-4-7-10-13-16-19(17-14-11-8-5-2)18-15-12-9-6-3/h4-24H2,1-3H3;4-18H2,1-3H3. The monoisotopic (exact) mass is 657 g/mol. The Balaban J connectivity index is 0. The van der Waals surface area contributed by atoms with E-state index in [0.29, 0.717) is 15.8 Å². The number of unbranched alkanes of at least 4 members (excludes halogenated alkanes) is 24. The minimum atomic E-state index is 0.366. The summed E-state index contributed by atoms with van der Waals surface area (Å²) in [7, 11) is 0.755. The summed E-state index contributed by atoms with van der Waals surface area (Å²) in [6.07, 6.45) is 53.5. The van der Waals surface area contributed by atoms with E-state index in [-0.39, 0.29) is 0 Å². The Kier molecular flexibility index (Phi) is 46.8. The van der Waals surface area contributed by atoms with Crippen molar-refractivity contribution in [3.8, 4) is 0 Å². The fourth-order valence-electron chi connectivity index (χ4n) is 6.30. The summed E-state index contributed by atoms with van der Waals surface area (Å²) in [5.41, 5.74) is 0. The van der Waals surface area contributed by atoms with Crippen LogP contribution in [0.2, 0.25) is 0 Å². The lowest BCUT2D eigenvalue weighted by Gasteiger charge is -2.18. The predicted molar refractivity (Wildman–Crippen MR) is 216 cm³/mol. The average molecular weight is 657 g/mol. The molecular weight excluding hydrogens is 566 g/mol. The first-order valence-electron chi connectivity index (χ1n) is 21.1. The second kappa shape index (κ2) is 43.9. The van der Waals surface area contributed by atoms with E-state index in [2.05, 4.69) is 41.5 Å². The number of rotatable bonds is 36. The SMILES string of the molecule is CCCCCCCCP(CCCCCCCC)CCCCCCCC.CCCCCCP(CCCCCC)CCCCCC. The van der Waals surface area contributed by atoms with Crippen LogP contribution in [0.1, 0.15) is 234 Å². The van der Waals surface area contributed by atoms with E-state index in [1.165, 1.54) is 193 Å². The zero-order chi connectivity index (χ0) is 32.6. The lowest BCUT2D eigenvalue weighted by molar-refractivity contribution is 0.617. The highest BCUT2D eigenvalue weighted by Gasteiger charge is 2.09. The molecule has 0 nitrogen and oxygen atoms in total. The van der Waals surface area contributed by atoms with Crippen LogP contribution >= 0.6 is 15.8 Å². The van der Waals surface area contributed by atoms with Gasteiger partial charge in [0.15, 0.2) is 0 Å².